The number of carbonyl (C=O) groups excluding carboxylic acids is 1. The van der Waals surface area contributed by atoms with Gasteiger partial charge in [-0.05, 0) is 17.7 Å². The normalized spacial score (nSPS) is 11.6. The quantitative estimate of drug-likeness (QED) is 0.827. The van der Waals surface area contributed by atoms with Crippen molar-refractivity contribution in [2.75, 3.05) is 0 Å². The number of rotatable bonds is 6. The predicted molar refractivity (Wildman–Crippen MR) is 86.2 cm³/mol. The van der Waals surface area contributed by atoms with Gasteiger partial charge in [-0.2, -0.15) is 0 Å². The average molecular weight is 352 g/mol. The molecule has 0 aromatic heterocycles. The van der Waals surface area contributed by atoms with E-state index in [9.17, 15) is 14.0 Å². The molecule has 0 bridgehead atoms. The molecular weight excluding hydrogens is 337 g/mol. The van der Waals surface area contributed by atoms with Crippen LogP contribution in [0, 0.1) is 5.82 Å². The van der Waals surface area contributed by atoms with Gasteiger partial charge in [-0.1, -0.05) is 48.0 Å². The van der Waals surface area contributed by atoms with Gasteiger partial charge in [-0.25, -0.2) is 9.18 Å². The molecule has 0 aliphatic carbocycles. The van der Waals surface area contributed by atoms with Crippen molar-refractivity contribution < 1.29 is 23.8 Å². The maximum atomic E-state index is 14.0. The minimum absolute atomic E-state index is 0.0114. The summed E-state index contributed by atoms with van der Waals surface area (Å²) in [4.78, 5) is 22.9. The number of benzene rings is 2. The van der Waals surface area contributed by atoms with Crippen molar-refractivity contribution in [3.8, 4) is 0 Å². The Balaban J connectivity index is 2.08. The van der Waals surface area contributed by atoms with Crippen molar-refractivity contribution in [3.63, 3.8) is 0 Å². The second kappa shape index (κ2) is 8.31. The standard InChI is InChI=1S/C17H15ClFNO4/c18-12-7-4-8-13(19)16(12)14(9-15(21)22)20-17(23)24-10-11-5-2-1-3-6-11/h1-8,14H,9-10H2,(H,20,23)(H,21,22)/t14-/m1/s1. The van der Waals surface area contributed by atoms with Crippen LogP contribution in [0.25, 0.3) is 0 Å². The largest absolute Gasteiger partial charge is 0.481 e. The number of carboxylic acids is 1. The van der Waals surface area contributed by atoms with Gasteiger partial charge < -0.3 is 15.2 Å². The fourth-order valence-electron chi connectivity index (χ4n) is 2.15. The molecular formula is C17H15ClFNO4. The van der Waals surface area contributed by atoms with E-state index in [1.807, 2.05) is 6.07 Å². The van der Waals surface area contributed by atoms with Crippen LogP contribution >= 0.6 is 11.6 Å². The molecule has 0 saturated heterocycles. The van der Waals surface area contributed by atoms with Crippen LogP contribution in [-0.2, 0) is 16.1 Å². The van der Waals surface area contributed by atoms with Gasteiger partial charge in [0.2, 0.25) is 0 Å². The van der Waals surface area contributed by atoms with E-state index in [4.69, 9.17) is 21.4 Å². The van der Waals surface area contributed by atoms with Gasteiger partial charge in [0.1, 0.15) is 12.4 Å². The van der Waals surface area contributed by atoms with E-state index in [0.717, 1.165) is 11.6 Å². The first-order chi connectivity index (χ1) is 11.5. The molecule has 0 aliphatic heterocycles. The van der Waals surface area contributed by atoms with E-state index in [0.29, 0.717) is 0 Å². The van der Waals surface area contributed by atoms with Gasteiger partial charge in [0.25, 0.3) is 0 Å². The summed E-state index contributed by atoms with van der Waals surface area (Å²) >= 11 is 5.94. The zero-order valence-corrected chi connectivity index (χ0v) is 13.3. The number of alkyl carbamates (subject to hydrolysis) is 1. The molecule has 0 aliphatic rings. The summed E-state index contributed by atoms with van der Waals surface area (Å²) in [7, 11) is 0. The number of ether oxygens (including phenoxy) is 1. The van der Waals surface area contributed by atoms with Gasteiger partial charge >= 0.3 is 12.1 Å². The van der Waals surface area contributed by atoms with Crippen LogP contribution in [0.3, 0.4) is 0 Å². The molecule has 2 N–H and O–H groups in total. The first-order valence-electron chi connectivity index (χ1n) is 7.10. The Labute approximate surface area is 143 Å². The molecule has 5 nitrogen and oxygen atoms in total. The molecule has 1 atom stereocenters. The molecule has 126 valence electrons. The van der Waals surface area contributed by atoms with Crippen LogP contribution in [0.4, 0.5) is 9.18 Å². The van der Waals surface area contributed by atoms with Crippen molar-refractivity contribution in [2.24, 2.45) is 0 Å². The summed E-state index contributed by atoms with van der Waals surface area (Å²) < 4.78 is 19.0. The van der Waals surface area contributed by atoms with Crippen molar-refractivity contribution in [2.45, 2.75) is 19.1 Å². The third-order valence-corrected chi connectivity index (χ3v) is 3.56. The Kier molecular flexibility index (Phi) is 6.14. The fraction of sp³-hybridized carbons (Fsp3) is 0.176. The SMILES string of the molecule is O=C(O)C[C@@H](NC(=O)OCc1ccccc1)c1c(F)cccc1Cl. The maximum absolute atomic E-state index is 14.0. The van der Waals surface area contributed by atoms with E-state index >= 15 is 0 Å². The minimum Gasteiger partial charge on any atom is -0.481 e. The third kappa shape index (κ3) is 4.96. The molecule has 2 rings (SSSR count). The van der Waals surface area contributed by atoms with Crippen LogP contribution < -0.4 is 5.32 Å². The number of hydrogen-bond acceptors (Lipinski definition) is 3. The molecule has 2 aromatic rings. The van der Waals surface area contributed by atoms with E-state index in [2.05, 4.69) is 5.32 Å². The first kappa shape index (κ1) is 17.7. The lowest BCUT2D eigenvalue weighted by Gasteiger charge is -2.19. The summed E-state index contributed by atoms with van der Waals surface area (Å²) in [5, 5.41) is 11.4. The van der Waals surface area contributed by atoms with Gasteiger partial charge in [0.15, 0.2) is 0 Å². The molecule has 0 unspecified atom stereocenters. The maximum Gasteiger partial charge on any atom is 0.407 e. The molecule has 24 heavy (non-hydrogen) atoms. The Morgan fingerprint density at radius 1 is 1.17 bits per heavy atom. The predicted octanol–water partition coefficient (Wildman–Crippen LogP) is 3.92. The van der Waals surface area contributed by atoms with Crippen molar-refractivity contribution in [3.05, 3.63) is 70.5 Å². The number of halogens is 2. The fourth-order valence-corrected chi connectivity index (χ4v) is 2.45. The van der Waals surface area contributed by atoms with Gasteiger partial charge in [0.05, 0.1) is 12.5 Å². The van der Waals surface area contributed by atoms with E-state index in [1.165, 1.54) is 12.1 Å². The molecule has 1 amide bonds. The lowest BCUT2D eigenvalue weighted by atomic mass is 10.0. The number of aliphatic carboxylic acids is 1. The summed E-state index contributed by atoms with van der Waals surface area (Å²) in [5.74, 6) is -1.90. The highest BCUT2D eigenvalue weighted by molar-refractivity contribution is 6.31. The van der Waals surface area contributed by atoms with Gasteiger partial charge in [0, 0.05) is 10.6 Å². The van der Waals surface area contributed by atoms with E-state index in [1.54, 1.807) is 24.3 Å². The second-order valence-corrected chi connectivity index (χ2v) is 5.40. The minimum atomic E-state index is -1.21. The monoisotopic (exact) mass is 351 g/mol. The van der Waals surface area contributed by atoms with E-state index in [-0.39, 0.29) is 17.2 Å². The first-order valence-corrected chi connectivity index (χ1v) is 7.48. The molecule has 0 spiro atoms. The smallest absolute Gasteiger partial charge is 0.407 e. The van der Waals surface area contributed by atoms with Crippen LogP contribution in [0.2, 0.25) is 5.02 Å². The van der Waals surface area contributed by atoms with Crippen molar-refractivity contribution >= 4 is 23.7 Å². The Hall–Kier alpha value is -2.60. The van der Waals surface area contributed by atoms with Crippen LogP contribution in [-0.4, -0.2) is 17.2 Å². The Morgan fingerprint density at radius 2 is 1.88 bits per heavy atom. The number of amides is 1. The Bertz CT molecular complexity index is 704. The van der Waals surface area contributed by atoms with Crippen LogP contribution in [0.5, 0.6) is 0 Å². The number of nitrogens with one attached hydrogen (secondary N) is 1. The molecule has 7 heteroatoms. The summed E-state index contributed by atoms with van der Waals surface area (Å²) in [6.45, 7) is 0.0114. The van der Waals surface area contributed by atoms with Crippen molar-refractivity contribution in [1.29, 1.82) is 0 Å². The van der Waals surface area contributed by atoms with Gasteiger partial charge in [-0.3, -0.25) is 4.79 Å². The number of carboxylic acid groups (broad SMARTS) is 1. The highest BCUT2D eigenvalue weighted by Crippen LogP contribution is 2.28. The summed E-state index contributed by atoms with van der Waals surface area (Å²) in [6.07, 6.45) is -1.38. The molecule has 0 heterocycles. The zero-order chi connectivity index (χ0) is 17.5. The molecule has 0 fully saturated rings. The molecule has 0 radical (unpaired) electrons. The number of carbonyl (C=O) groups is 2. The topological polar surface area (TPSA) is 75.6 Å². The highest BCUT2D eigenvalue weighted by Gasteiger charge is 2.24. The van der Waals surface area contributed by atoms with Crippen LogP contribution in [0.15, 0.2) is 48.5 Å². The number of hydrogen-bond donors (Lipinski definition) is 2. The van der Waals surface area contributed by atoms with Crippen molar-refractivity contribution in [1.82, 2.24) is 5.32 Å². The lowest BCUT2D eigenvalue weighted by molar-refractivity contribution is -0.137. The summed E-state index contributed by atoms with van der Waals surface area (Å²) in [5.41, 5.74) is 0.685. The zero-order valence-electron chi connectivity index (χ0n) is 12.5. The molecule has 2 aromatic carbocycles. The van der Waals surface area contributed by atoms with E-state index < -0.39 is 30.3 Å². The lowest BCUT2D eigenvalue weighted by Crippen LogP contribution is -2.31. The van der Waals surface area contributed by atoms with Gasteiger partial charge in [-0.15, -0.1) is 0 Å². The molecule has 0 saturated carbocycles. The third-order valence-electron chi connectivity index (χ3n) is 3.23. The van der Waals surface area contributed by atoms with Crippen LogP contribution in [0.1, 0.15) is 23.6 Å². The highest BCUT2D eigenvalue weighted by atomic mass is 35.5. The Morgan fingerprint density at radius 3 is 2.50 bits per heavy atom. The average Bonchev–Trinajstić information content (AvgIpc) is 2.53. The second-order valence-electron chi connectivity index (χ2n) is 4.99. The summed E-state index contributed by atoms with van der Waals surface area (Å²) in [6, 6.07) is 11.8.